The Kier molecular flexibility index (Phi) is 5.53. The van der Waals surface area contributed by atoms with Gasteiger partial charge in [0.15, 0.2) is 0 Å². The van der Waals surface area contributed by atoms with Crippen LogP contribution in [-0.2, 0) is 6.54 Å². The number of hydrogen-bond acceptors (Lipinski definition) is 2. The molecule has 0 radical (unpaired) electrons. The van der Waals surface area contributed by atoms with Gasteiger partial charge in [-0.15, -0.1) is 0 Å². The van der Waals surface area contributed by atoms with Crippen molar-refractivity contribution in [2.75, 3.05) is 0 Å². The fourth-order valence-electron chi connectivity index (χ4n) is 2.10. The lowest BCUT2D eigenvalue weighted by molar-refractivity contribution is 0.378. The summed E-state index contributed by atoms with van der Waals surface area (Å²) in [6.07, 6.45) is 8.90. The van der Waals surface area contributed by atoms with Crippen molar-refractivity contribution in [1.82, 2.24) is 9.78 Å². The smallest absolute Gasteiger partial charge is 0.0537 e. The van der Waals surface area contributed by atoms with E-state index in [2.05, 4.69) is 32.1 Å². The van der Waals surface area contributed by atoms with E-state index in [1.165, 1.54) is 24.8 Å². The lowest BCUT2D eigenvalue weighted by Gasteiger charge is -2.21. The first-order valence-electron chi connectivity index (χ1n) is 6.50. The summed E-state index contributed by atoms with van der Waals surface area (Å²) < 4.78 is 1.95. The van der Waals surface area contributed by atoms with Crippen molar-refractivity contribution in [2.24, 2.45) is 11.7 Å². The predicted octanol–water partition coefficient (Wildman–Crippen LogP) is 3.12. The molecule has 0 fully saturated rings. The first-order chi connectivity index (χ1) is 7.72. The summed E-state index contributed by atoms with van der Waals surface area (Å²) in [6.45, 7) is 7.47. The molecule has 3 heteroatoms. The standard InChI is InChI=1S/C13H25N3/c1-4-7-8-11(5-2)13(14)12-9-15-16(6-3)10-12/h9-11,13H,4-8,14H2,1-3H3. The van der Waals surface area contributed by atoms with E-state index in [-0.39, 0.29) is 6.04 Å². The number of hydrogen-bond donors (Lipinski definition) is 1. The molecular formula is C13H25N3. The maximum absolute atomic E-state index is 6.31. The van der Waals surface area contributed by atoms with Gasteiger partial charge < -0.3 is 5.73 Å². The molecule has 2 unspecified atom stereocenters. The van der Waals surface area contributed by atoms with Crippen molar-refractivity contribution >= 4 is 0 Å². The van der Waals surface area contributed by atoms with E-state index in [1.807, 2.05) is 10.9 Å². The molecule has 3 nitrogen and oxygen atoms in total. The molecule has 92 valence electrons. The number of nitrogens with two attached hydrogens (primary N) is 1. The Morgan fingerprint density at radius 3 is 2.62 bits per heavy atom. The second kappa shape index (κ2) is 6.69. The Hall–Kier alpha value is -0.830. The molecule has 0 saturated heterocycles. The number of aryl methyl sites for hydroxylation is 1. The largest absolute Gasteiger partial charge is 0.324 e. The first kappa shape index (κ1) is 13.2. The Morgan fingerprint density at radius 1 is 1.38 bits per heavy atom. The quantitative estimate of drug-likeness (QED) is 0.772. The van der Waals surface area contributed by atoms with Gasteiger partial charge in [0.25, 0.3) is 0 Å². The van der Waals surface area contributed by atoms with E-state index in [9.17, 15) is 0 Å². The molecule has 2 atom stereocenters. The lowest BCUT2D eigenvalue weighted by atomic mass is 9.89. The van der Waals surface area contributed by atoms with Gasteiger partial charge in [0.05, 0.1) is 6.20 Å². The Balaban J connectivity index is 2.62. The van der Waals surface area contributed by atoms with Crippen LogP contribution in [0.3, 0.4) is 0 Å². The highest BCUT2D eigenvalue weighted by atomic mass is 15.3. The van der Waals surface area contributed by atoms with Crippen molar-refractivity contribution in [1.29, 1.82) is 0 Å². The minimum absolute atomic E-state index is 0.150. The zero-order valence-corrected chi connectivity index (χ0v) is 10.8. The van der Waals surface area contributed by atoms with Crippen LogP contribution in [0.15, 0.2) is 12.4 Å². The van der Waals surface area contributed by atoms with Crippen LogP contribution in [0.1, 0.15) is 58.1 Å². The Labute approximate surface area is 99.0 Å². The lowest BCUT2D eigenvalue weighted by Crippen LogP contribution is -2.20. The van der Waals surface area contributed by atoms with Crippen molar-refractivity contribution in [2.45, 2.75) is 59.0 Å². The zero-order chi connectivity index (χ0) is 12.0. The van der Waals surface area contributed by atoms with Crippen molar-refractivity contribution < 1.29 is 0 Å². The van der Waals surface area contributed by atoms with Crippen LogP contribution in [-0.4, -0.2) is 9.78 Å². The molecule has 1 rings (SSSR count). The zero-order valence-electron chi connectivity index (χ0n) is 10.8. The summed E-state index contributed by atoms with van der Waals surface area (Å²) in [5.74, 6) is 0.592. The molecule has 1 aromatic heterocycles. The van der Waals surface area contributed by atoms with Crippen LogP contribution >= 0.6 is 0 Å². The van der Waals surface area contributed by atoms with Gasteiger partial charge in [0.1, 0.15) is 0 Å². The van der Waals surface area contributed by atoms with Gasteiger partial charge in [-0.2, -0.15) is 5.10 Å². The first-order valence-corrected chi connectivity index (χ1v) is 6.50. The summed E-state index contributed by atoms with van der Waals surface area (Å²) in [6, 6.07) is 0.150. The minimum Gasteiger partial charge on any atom is -0.324 e. The molecule has 0 amide bonds. The van der Waals surface area contributed by atoms with Gasteiger partial charge in [-0.3, -0.25) is 4.68 Å². The molecule has 0 spiro atoms. The normalized spacial score (nSPS) is 15.0. The third kappa shape index (κ3) is 3.34. The van der Waals surface area contributed by atoms with Crippen LogP contribution in [0.4, 0.5) is 0 Å². The third-order valence-electron chi connectivity index (χ3n) is 3.32. The highest BCUT2D eigenvalue weighted by molar-refractivity contribution is 5.10. The highest BCUT2D eigenvalue weighted by Gasteiger charge is 2.18. The van der Waals surface area contributed by atoms with E-state index < -0.39 is 0 Å². The fraction of sp³-hybridized carbons (Fsp3) is 0.769. The molecule has 0 aromatic carbocycles. The maximum Gasteiger partial charge on any atom is 0.0537 e. The van der Waals surface area contributed by atoms with Gasteiger partial charge in [0.2, 0.25) is 0 Å². The summed E-state index contributed by atoms with van der Waals surface area (Å²) in [5.41, 5.74) is 7.49. The number of rotatable bonds is 7. The fourth-order valence-corrected chi connectivity index (χ4v) is 2.10. The average Bonchev–Trinajstić information content (AvgIpc) is 2.78. The van der Waals surface area contributed by atoms with Gasteiger partial charge in [-0.1, -0.05) is 33.1 Å². The Morgan fingerprint density at radius 2 is 2.12 bits per heavy atom. The number of unbranched alkanes of at least 4 members (excludes halogenated alkanes) is 1. The molecule has 16 heavy (non-hydrogen) atoms. The molecule has 0 aliphatic heterocycles. The minimum atomic E-state index is 0.150. The van der Waals surface area contributed by atoms with Crippen LogP contribution in [0.5, 0.6) is 0 Å². The summed E-state index contributed by atoms with van der Waals surface area (Å²) in [7, 11) is 0. The van der Waals surface area contributed by atoms with Crippen molar-refractivity contribution in [3.05, 3.63) is 18.0 Å². The SMILES string of the molecule is CCCCC(CC)C(N)c1cnn(CC)c1. The molecular weight excluding hydrogens is 198 g/mol. The molecule has 0 aliphatic rings. The summed E-state index contributed by atoms with van der Waals surface area (Å²) >= 11 is 0. The summed E-state index contributed by atoms with van der Waals surface area (Å²) in [5, 5.41) is 4.29. The third-order valence-corrected chi connectivity index (χ3v) is 3.32. The van der Waals surface area contributed by atoms with Crippen molar-refractivity contribution in [3.8, 4) is 0 Å². The van der Waals surface area contributed by atoms with Crippen LogP contribution in [0, 0.1) is 5.92 Å². The predicted molar refractivity (Wildman–Crippen MR) is 68.1 cm³/mol. The topological polar surface area (TPSA) is 43.8 Å². The highest BCUT2D eigenvalue weighted by Crippen LogP contribution is 2.26. The number of aromatic nitrogens is 2. The molecule has 1 aromatic rings. The maximum atomic E-state index is 6.31. The molecule has 2 N–H and O–H groups in total. The van der Waals surface area contributed by atoms with Crippen molar-refractivity contribution in [3.63, 3.8) is 0 Å². The van der Waals surface area contributed by atoms with Gasteiger partial charge in [-0.05, 0) is 19.3 Å². The molecule has 0 aliphatic carbocycles. The van der Waals surface area contributed by atoms with Crippen LogP contribution in [0.2, 0.25) is 0 Å². The van der Waals surface area contributed by atoms with E-state index >= 15 is 0 Å². The second-order valence-electron chi connectivity index (χ2n) is 4.47. The number of nitrogens with zero attached hydrogens (tertiary/aromatic N) is 2. The van der Waals surface area contributed by atoms with Crippen LogP contribution < -0.4 is 5.73 Å². The monoisotopic (exact) mass is 223 g/mol. The summed E-state index contributed by atoms with van der Waals surface area (Å²) in [4.78, 5) is 0. The van der Waals surface area contributed by atoms with Gasteiger partial charge >= 0.3 is 0 Å². The van der Waals surface area contributed by atoms with E-state index in [1.54, 1.807) is 0 Å². The molecule has 0 saturated carbocycles. The Bertz CT molecular complexity index is 293. The van der Waals surface area contributed by atoms with Gasteiger partial charge in [-0.25, -0.2) is 0 Å². The van der Waals surface area contributed by atoms with E-state index in [0.29, 0.717) is 5.92 Å². The average molecular weight is 223 g/mol. The molecule has 1 heterocycles. The van der Waals surface area contributed by atoms with Gasteiger partial charge in [0, 0.05) is 24.3 Å². The van der Waals surface area contributed by atoms with E-state index in [0.717, 1.165) is 13.0 Å². The molecule has 0 bridgehead atoms. The van der Waals surface area contributed by atoms with Crippen LogP contribution in [0.25, 0.3) is 0 Å². The second-order valence-corrected chi connectivity index (χ2v) is 4.47. The van der Waals surface area contributed by atoms with E-state index in [4.69, 9.17) is 5.73 Å².